The largest absolute Gasteiger partial charge is 0.494 e. The molecule has 1 atom stereocenters. The van der Waals surface area contributed by atoms with E-state index in [2.05, 4.69) is 0 Å². The summed E-state index contributed by atoms with van der Waals surface area (Å²) in [6.07, 6.45) is 0. The van der Waals surface area contributed by atoms with Crippen molar-refractivity contribution in [3.63, 3.8) is 0 Å². The van der Waals surface area contributed by atoms with E-state index in [9.17, 15) is 9.59 Å². The Balaban J connectivity index is 1.54. The van der Waals surface area contributed by atoms with Crippen LogP contribution in [0.5, 0.6) is 5.75 Å². The number of hydrogen-bond donors (Lipinski definition) is 0. The van der Waals surface area contributed by atoms with E-state index >= 15 is 0 Å². The summed E-state index contributed by atoms with van der Waals surface area (Å²) in [6.45, 7) is 4.93. The van der Waals surface area contributed by atoms with Gasteiger partial charge in [-0.2, -0.15) is 0 Å². The minimum Gasteiger partial charge on any atom is -0.494 e. The van der Waals surface area contributed by atoms with Gasteiger partial charge >= 0.3 is 0 Å². The Bertz CT molecular complexity index is 1650. The van der Waals surface area contributed by atoms with Crippen LogP contribution < -0.4 is 10.3 Å². The molecule has 5 aromatic rings. The molecule has 41 heavy (non-hydrogen) atoms. The van der Waals surface area contributed by atoms with Crippen LogP contribution in [-0.2, 0) is 22.7 Å². The van der Waals surface area contributed by atoms with Gasteiger partial charge in [-0.15, -0.1) is 0 Å². The van der Waals surface area contributed by atoms with Crippen LogP contribution in [0.2, 0.25) is 0 Å². The van der Waals surface area contributed by atoms with Crippen molar-refractivity contribution in [2.45, 2.75) is 33.0 Å². The summed E-state index contributed by atoms with van der Waals surface area (Å²) in [5.74, 6) is 0.979. The highest BCUT2D eigenvalue weighted by Crippen LogP contribution is 2.26. The van der Waals surface area contributed by atoms with Crippen molar-refractivity contribution in [3.8, 4) is 11.4 Å². The quantitative estimate of drug-likeness (QED) is 0.200. The molecule has 7 nitrogen and oxygen atoms in total. The molecule has 0 fully saturated rings. The number of carbonyl (C=O) groups excluding carboxylic acids is 1. The number of amides is 1. The van der Waals surface area contributed by atoms with Crippen LogP contribution in [0, 0.1) is 0 Å². The Hall–Kier alpha value is -4.75. The van der Waals surface area contributed by atoms with Gasteiger partial charge in [0.2, 0.25) is 5.91 Å². The lowest BCUT2D eigenvalue weighted by Gasteiger charge is -2.31. The van der Waals surface area contributed by atoms with Crippen LogP contribution >= 0.6 is 0 Å². The first-order valence-electron chi connectivity index (χ1n) is 13.7. The van der Waals surface area contributed by atoms with Gasteiger partial charge in [-0.3, -0.25) is 14.2 Å². The molecule has 0 radical (unpaired) electrons. The number of para-hydroxylation sites is 1. The molecule has 0 saturated heterocycles. The Kier molecular flexibility index (Phi) is 8.86. The molecule has 7 heteroatoms. The van der Waals surface area contributed by atoms with Gasteiger partial charge in [0.05, 0.1) is 35.8 Å². The van der Waals surface area contributed by atoms with Gasteiger partial charge in [-0.25, -0.2) is 4.98 Å². The van der Waals surface area contributed by atoms with Gasteiger partial charge in [0.15, 0.2) is 0 Å². The standard InChI is InChI=1S/C34H33N3O4/c1-3-41-29-20-18-28(19-21-29)37-33(35-31-17-11-10-16-30(31)34(37)39)25(2)36(22-26-12-6-4-7-13-26)32(38)24-40-23-27-14-8-5-9-15-27/h4-21,25H,3,22-24H2,1-2H3. The van der Waals surface area contributed by atoms with Crippen LogP contribution in [0.1, 0.15) is 36.8 Å². The third kappa shape index (κ3) is 6.53. The van der Waals surface area contributed by atoms with E-state index in [1.165, 1.54) is 0 Å². The van der Waals surface area contributed by atoms with Gasteiger partial charge in [0.1, 0.15) is 18.2 Å². The second-order valence-electron chi connectivity index (χ2n) is 9.72. The second-order valence-corrected chi connectivity index (χ2v) is 9.72. The molecule has 0 aliphatic heterocycles. The van der Waals surface area contributed by atoms with E-state index in [-0.39, 0.29) is 18.1 Å². The molecule has 4 aromatic carbocycles. The van der Waals surface area contributed by atoms with Crippen molar-refractivity contribution < 1.29 is 14.3 Å². The zero-order valence-corrected chi connectivity index (χ0v) is 23.3. The number of hydrogen-bond acceptors (Lipinski definition) is 5. The van der Waals surface area contributed by atoms with Crippen molar-refractivity contribution in [3.05, 3.63) is 136 Å². The zero-order chi connectivity index (χ0) is 28.6. The van der Waals surface area contributed by atoms with Gasteiger partial charge < -0.3 is 14.4 Å². The van der Waals surface area contributed by atoms with Crippen LogP contribution in [0.3, 0.4) is 0 Å². The molecule has 0 aliphatic carbocycles. The summed E-state index contributed by atoms with van der Waals surface area (Å²) in [5.41, 5.74) is 2.98. The zero-order valence-electron chi connectivity index (χ0n) is 23.3. The average molecular weight is 548 g/mol. The maximum absolute atomic E-state index is 13.9. The maximum atomic E-state index is 13.9. The number of nitrogens with zero attached hydrogens (tertiary/aromatic N) is 3. The van der Waals surface area contributed by atoms with Gasteiger partial charge in [-0.1, -0.05) is 72.8 Å². The number of benzene rings is 4. The Morgan fingerprint density at radius 2 is 1.49 bits per heavy atom. The van der Waals surface area contributed by atoms with E-state index in [0.717, 1.165) is 11.1 Å². The number of aromatic nitrogens is 2. The van der Waals surface area contributed by atoms with E-state index in [0.29, 0.717) is 47.9 Å². The van der Waals surface area contributed by atoms with E-state index < -0.39 is 6.04 Å². The second kappa shape index (κ2) is 13.1. The fourth-order valence-electron chi connectivity index (χ4n) is 4.81. The summed E-state index contributed by atoms with van der Waals surface area (Å²) in [4.78, 5) is 34.3. The normalized spacial score (nSPS) is 11.8. The first-order valence-corrected chi connectivity index (χ1v) is 13.7. The first-order chi connectivity index (χ1) is 20.0. The van der Waals surface area contributed by atoms with Crippen molar-refractivity contribution in [1.29, 1.82) is 0 Å². The maximum Gasteiger partial charge on any atom is 0.266 e. The molecule has 0 saturated carbocycles. The fourth-order valence-corrected chi connectivity index (χ4v) is 4.81. The topological polar surface area (TPSA) is 73.7 Å². The predicted octanol–water partition coefficient (Wildman–Crippen LogP) is 6.09. The molecular weight excluding hydrogens is 514 g/mol. The number of rotatable bonds is 11. The highest BCUT2D eigenvalue weighted by Gasteiger charge is 2.27. The highest BCUT2D eigenvalue weighted by atomic mass is 16.5. The van der Waals surface area contributed by atoms with Gasteiger partial charge in [-0.05, 0) is 61.4 Å². The molecule has 1 unspecified atom stereocenters. The van der Waals surface area contributed by atoms with Crippen LogP contribution in [0.4, 0.5) is 0 Å². The van der Waals surface area contributed by atoms with Crippen molar-refractivity contribution in [2.24, 2.45) is 0 Å². The highest BCUT2D eigenvalue weighted by molar-refractivity contribution is 5.79. The van der Waals surface area contributed by atoms with Gasteiger partial charge in [0.25, 0.3) is 5.56 Å². The van der Waals surface area contributed by atoms with Crippen LogP contribution in [-0.4, -0.2) is 33.6 Å². The van der Waals surface area contributed by atoms with E-state index in [4.69, 9.17) is 14.5 Å². The molecule has 1 amide bonds. The average Bonchev–Trinajstić information content (AvgIpc) is 3.01. The van der Waals surface area contributed by atoms with Crippen LogP contribution in [0.25, 0.3) is 16.6 Å². The lowest BCUT2D eigenvalue weighted by atomic mass is 10.1. The number of carbonyl (C=O) groups is 1. The third-order valence-electron chi connectivity index (χ3n) is 6.90. The molecule has 5 rings (SSSR count). The Labute approximate surface area is 239 Å². The smallest absolute Gasteiger partial charge is 0.266 e. The van der Waals surface area contributed by atoms with Crippen molar-refractivity contribution in [1.82, 2.24) is 14.5 Å². The lowest BCUT2D eigenvalue weighted by Crippen LogP contribution is -2.39. The number of fused-ring (bicyclic) bond motifs is 1. The minimum atomic E-state index is -0.549. The third-order valence-corrected chi connectivity index (χ3v) is 6.90. The van der Waals surface area contributed by atoms with Gasteiger partial charge in [0, 0.05) is 6.54 Å². The minimum absolute atomic E-state index is 0.104. The van der Waals surface area contributed by atoms with E-state index in [1.54, 1.807) is 15.5 Å². The van der Waals surface area contributed by atoms with Crippen molar-refractivity contribution >= 4 is 16.8 Å². The number of ether oxygens (including phenoxy) is 2. The predicted molar refractivity (Wildman–Crippen MR) is 160 cm³/mol. The Morgan fingerprint density at radius 3 is 2.17 bits per heavy atom. The molecule has 0 N–H and O–H groups in total. The molecule has 1 heterocycles. The molecule has 208 valence electrons. The Morgan fingerprint density at radius 1 is 0.854 bits per heavy atom. The summed E-state index contributed by atoms with van der Waals surface area (Å²) in [7, 11) is 0. The molecule has 0 spiro atoms. The molecular formula is C34H33N3O4. The summed E-state index contributed by atoms with van der Waals surface area (Å²) < 4.78 is 13.0. The summed E-state index contributed by atoms with van der Waals surface area (Å²) >= 11 is 0. The monoisotopic (exact) mass is 547 g/mol. The lowest BCUT2D eigenvalue weighted by molar-refractivity contribution is -0.139. The molecule has 0 aliphatic rings. The van der Waals surface area contributed by atoms with E-state index in [1.807, 2.05) is 117 Å². The van der Waals surface area contributed by atoms with Crippen molar-refractivity contribution in [2.75, 3.05) is 13.2 Å². The molecule has 0 bridgehead atoms. The summed E-state index contributed by atoms with van der Waals surface area (Å²) in [5, 5.41) is 0.504. The van der Waals surface area contributed by atoms with Crippen LogP contribution in [0.15, 0.2) is 114 Å². The SMILES string of the molecule is CCOc1ccc(-n2c(C(C)N(Cc3ccccc3)C(=O)COCc3ccccc3)nc3ccccc3c2=O)cc1. The first kappa shape index (κ1) is 27.8. The summed E-state index contributed by atoms with van der Waals surface area (Å²) in [6, 6.07) is 33.6. The fraction of sp³-hybridized carbons (Fsp3) is 0.206. The molecule has 1 aromatic heterocycles.